The number of nitrogens with zero attached hydrogens (tertiary/aromatic N) is 1. The van der Waals surface area contributed by atoms with E-state index in [4.69, 9.17) is 11.6 Å². The van der Waals surface area contributed by atoms with Crippen LogP contribution >= 0.6 is 22.9 Å². The summed E-state index contributed by atoms with van der Waals surface area (Å²) in [6.07, 6.45) is 0.528. The largest absolute Gasteiger partial charge is 0.328 e. The third kappa shape index (κ3) is 3.51. The molecule has 1 heterocycles. The van der Waals surface area contributed by atoms with Gasteiger partial charge in [0.15, 0.2) is 0 Å². The lowest BCUT2D eigenvalue weighted by Crippen LogP contribution is -2.41. The summed E-state index contributed by atoms with van der Waals surface area (Å²) in [6, 6.07) is 2.86. The zero-order chi connectivity index (χ0) is 17.1. The van der Waals surface area contributed by atoms with E-state index in [-0.39, 0.29) is 10.7 Å². The van der Waals surface area contributed by atoms with Gasteiger partial charge in [-0.3, -0.25) is 15.0 Å². The molecule has 1 aromatic heterocycles. The van der Waals surface area contributed by atoms with Gasteiger partial charge in [0.1, 0.15) is 5.82 Å². The van der Waals surface area contributed by atoms with Crippen LogP contribution in [0, 0.1) is 10.9 Å². The van der Waals surface area contributed by atoms with Crippen molar-refractivity contribution in [2.24, 2.45) is 0 Å². The van der Waals surface area contributed by atoms with E-state index in [0.29, 0.717) is 12.0 Å². The molecule has 0 unspecified atom stereocenters. The van der Waals surface area contributed by atoms with Gasteiger partial charge in [-0.05, 0) is 29.5 Å². The first-order valence-electron chi connectivity index (χ1n) is 6.65. The van der Waals surface area contributed by atoms with Crippen molar-refractivity contribution in [3.05, 3.63) is 50.7 Å². The van der Waals surface area contributed by atoms with E-state index >= 15 is 0 Å². The zero-order valence-corrected chi connectivity index (χ0v) is 13.9. The van der Waals surface area contributed by atoms with Crippen LogP contribution in [0.4, 0.5) is 19.3 Å². The minimum atomic E-state index is -0.987. The van der Waals surface area contributed by atoms with Crippen LogP contribution in [0.25, 0.3) is 0 Å². The summed E-state index contributed by atoms with van der Waals surface area (Å²) in [7, 11) is 1.33. The molecule has 0 fully saturated rings. The number of anilines is 1. The average molecular weight is 359 g/mol. The highest BCUT2D eigenvalue weighted by Crippen LogP contribution is 2.30. The number of carbonyl (C=O) groups is 2. The van der Waals surface area contributed by atoms with Crippen LogP contribution in [0.2, 0.25) is 5.02 Å². The third-order valence-corrected chi connectivity index (χ3v) is 4.34. The number of thiophene rings is 1. The van der Waals surface area contributed by atoms with Gasteiger partial charge in [0.25, 0.3) is 5.91 Å². The maximum Gasteiger partial charge on any atom is 0.328 e. The monoisotopic (exact) mass is 358 g/mol. The number of nitrogens with one attached hydrogen (secondary N) is 1. The maximum absolute atomic E-state index is 13.8. The number of hydrogen-bond donors (Lipinski definition) is 1. The van der Waals surface area contributed by atoms with Crippen LogP contribution < -0.4 is 10.2 Å². The second-order valence-corrected chi connectivity index (χ2v) is 5.89. The SMILES string of the molecule is CCc1csc(F)c1N(C)C(=O)NC(=O)c1c(F)cccc1Cl. The summed E-state index contributed by atoms with van der Waals surface area (Å²) in [5.74, 6) is -1.83. The lowest BCUT2D eigenvalue weighted by atomic mass is 10.2. The molecule has 0 radical (unpaired) electrons. The Bertz CT molecular complexity index is 744. The number of halogens is 3. The number of amides is 3. The van der Waals surface area contributed by atoms with E-state index in [1.807, 2.05) is 12.2 Å². The molecule has 3 amide bonds. The Morgan fingerprint density at radius 1 is 1.35 bits per heavy atom. The van der Waals surface area contributed by atoms with Crippen molar-refractivity contribution in [3.8, 4) is 0 Å². The van der Waals surface area contributed by atoms with Crippen LogP contribution in [0.1, 0.15) is 22.8 Å². The lowest BCUT2D eigenvalue weighted by molar-refractivity contribution is 0.0962. The number of rotatable bonds is 3. The van der Waals surface area contributed by atoms with Gasteiger partial charge < -0.3 is 0 Å². The Morgan fingerprint density at radius 2 is 2.04 bits per heavy atom. The predicted octanol–water partition coefficient (Wildman–Crippen LogP) is 4.23. The molecule has 0 aliphatic carbocycles. The summed E-state index contributed by atoms with van der Waals surface area (Å²) >= 11 is 6.64. The highest BCUT2D eigenvalue weighted by Gasteiger charge is 2.24. The zero-order valence-electron chi connectivity index (χ0n) is 12.3. The van der Waals surface area contributed by atoms with Crippen LogP contribution in [0.15, 0.2) is 23.6 Å². The first-order chi connectivity index (χ1) is 10.9. The van der Waals surface area contributed by atoms with E-state index in [1.54, 1.807) is 5.38 Å². The average Bonchev–Trinajstić information content (AvgIpc) is 2.87. The molecular formula is C15H13ClF2N2O2S. The second-order valence-electron chi connectivity index (χ2n) is 4.65. The molecule has 8 heteroatoms. The smallest absolute Gasteiger partial charge is 0.293 e. The predicted molar refractivity (Wildman–Crippen MR) is 86.3 cm³/mol. The Kier molecular flexibility index (Phi) is 5.33. The third-order valence-electron chi connectivity index (χ3n) is 3.23. The van der Waals surface area contributed by atoms with Gasteiger partial charge in [-0.2, -0.15) is 4.39 Å². The van der Waals surface area contributed by atoms with E-state index < -0.39 is 28.4 Å². The van der Waals surface area contributed by atoms with Gasteiger partial charge >= 0.3 is 6.03 Å². The van der Waals surface area contributed by atoms with Crippen LogP contribution in [0.3, 0.4) is 0 Å². The molecule has 0 aliphatic rings. The molecular weight excluding hydrogens is 346 g/mol. The highest BCUT2D eigenvalue weighted by molar-refractivity contribution is 7.08. The molecule has 0 atom stereocenters. The molecule has 122 valence electrons. The van der Waals surface area contributed by atoms with Gasteiger partial charge in [0, 0.05) is 7.05 Å². The first-order valence-corrected chi connectivity index (χ1v) is 7.91. The van der Waals surface area contributed by atoms with E-state index in [2.05, 4.69) is 0 Å². The normalized spacial score (nSPS) is 10.5. The van der Waals surface area contributed by atoms with E-state index in [1.165, 1.54) is 19.2 Å². The number of urea groups is 1. The summed E-state index contributed by atoms with van der Waals surface area (Å²) in [5.41, 5.74) is 0.307. The Hall–Kier alpha value is -1.99. The topological polar surface area (TPSA) is 49.4 Å². The molecule has 1 aromatic carbocycles. The number of imide groups is 1. The van der Waals surface area contributed by atoms with Gasteiger partial charge in [0.05, 0.1) is 16.3 Å². The van der Waals surface area contributed by atoms with Gasteiger partial charge in [-0.15, -0.1) is 11.3 Å². The molecule has 1 N–H and O–H groups in total. The van der Waals surface area contributed by atoms with Crippen molar-refractivity contribution >= 4 is 40.6 Å². The molecule has 4 nitrogen and oxygen atoms in total. The fourth-order valence-electron chi connectivity index (χ4n) is 2.02. The van der Waals surface area contributed by atoms with Crippen molar-refractivity contribution in [2.75, 3.05) is 11.9 Å². The van der Waals surface area contributed by atoms with Crippen LogP contribution in [0.5, 0.6) is 0 Å². The fourth-order valence-corrected chi connectivity index (χ4v) is 3.17. The Labute approximate surface area is 140 Å². The lowest BCUT2D eigenvalue weighted by Gasteiger charge is -2.18. The standard InChI is InChI=1S/C15H13ClF2N2O2S/c1-3-8-7-23-13(18)12(8)20(2)15(22)19-14(21)11-9(16)5-4-6-10(11)17/h4-7H,3H2,1-2H3,(H,19,21,22). The van der Waals surface area contributed by atoms with Gasteiger partial charge in [-0.1, -0.05) is 24.6 Å². The number of benzene rings is 1. The quantitative estimate of drug-likeness (QED) is 0.892. The number of hydrogen-bond acceptors (Lipinski definition) is 3. The van der Waals surface area contributed by atoms with Crippen molar-refractivity contribution in [2.45, 2.75) is 13.3 Å². The van der Waals surface area contributed by atoms with Gasteiger partial charge in [-0.25, -0.2) is 9.18 Å². The first kappa shape index (κ1) is 17.4. The summed E-state index contributed by atoms with van der Waals surface area (Å²) in [4.78, 5) is 25.2. The van der Waals surface area contributed by atoms with Crippen LogP contribution in [-0.2, 0) is 6.42 Å². The minimum absolute atomic E-state index is 0.0995. The summed E-state index contributed by atoms with van der Waals surface area (Å²) in [5, 5.41) is 2.96. The molecule has 2 rings (SSSR count). The van der Waals surface area contributed by atoms with Crippen molar-refractivity contribution in [1.29, 1.82) is 0 Å². The highest BCUT2D eigenvalue weighted by atomic mass is 35.5. The summed E-state index contributed by atoms with van der Waals surface area (Å²) < 4.78 is 27.5. The Balaban J connectivity index is 2.21. The molecule has 0 spiro atoms. The number of carbonyl (C=O) groups excluding carboxylic acids is 2. The van der Waals surface area contributed by atoms with Crippen molar-refractivity contribution in [1.82, 2.24) is 5.32 Å². The van der Waals surface area contributed by atoms with E-state index in [9.17, 15) is 18.4 Å². The molecule has 0 saturated heterocycles. The maximum atomic E-state index is 13.8. The fraction of sp³-hybridized carbons (Fsp3) is 0.200. The molecule has 0 saturated carbocycles. The molecule has 0 bridgehead atoms. The minimum Gasteiger partial charge on any atom is -0.293 e. The summed E-state index contributed by atoms with van der Waals surface area (Å²) in [6.45, 7) is 1.82. The molecule has 2 aromatic rings. The number of aryl methyl sites for hydroxylation is 1. The second kappa shape index (κ2) is 7.06. The molecule has 0 aliphatic heterocycles. The van der Waals surface area contributed by atoms with Crippen molar-refractivity contribution in [3.63, 3.8) is 0 Å². The van der Waals surface area contributed by atoms with Crippen LogP contribution in [-0.4, -0.2) is 19.0 Å². The Morgan fingerprint density at radius 3 is 2.65 bits per heavy atom. The van der Waals surface area contributed by atoms with Gasteiger partial charge in [0.2, 0.25) is 5.13 Å². The van der Waals surface area contributed by atoms with E-state index in [0.717, 1.165) is 22.3 Å². The van der Waals surface area contributed by atoms with Crippen molar-refractivity contribution < 1.29 is 18.4 Å². The molecule has 23 heavy (non-hydrogen) atoms.